The normalized spacial score (nSPS) is 24.7. The van der Waals surface area contributed by atoms with Gasteiger partial charge in [0.05, 0.1) is 0 Å². The number of likely N-dealkylation sites (tertiary alicyclic amines) is 1. The zero-order chi connectivity index (χ0) is 16.5. The maximum atomic E-state index is 11.6. The molecule has 1 aliphatic carbocycles. The van der Waals surface area contributed by atoms with Crippen LogP contribution in [0.2, 0.25) is 0 Å². The van der Waals surface area contributed by atoms with Crippen molar-refractivity contribution >= 4 is 35.8 Å². The first-order valence-electron chi connectivity index (χ1n) is 9.49. The van der Waals surface area contributed by atoms with Gasteiger partial charge in [-0.2, -0.15) is 0 Å². The third-order valence-electron chi connectivity index (χ3n) is 4.97. The van der Waals surface area contributed by atoms with Crippen LogP contribution in [0.5, 0.6) is 0 Å². The van der Waals surface area contributed by atoms with E-state index in [1.165, 1.54) is 25.7 Å². The summed E-state index contributed by atoms with van der Waals surface area (Å²) in [5.74, 6) is 2.85. The summed E-state index contributed by atoms with van der Waals surface area (Å²) < 4.78 is 0. The molecule has 1 heterocycles. The number of halogens is 1. The van der Waals surface area contributed by atoms with Crippen LogP contribution >= 0.6 is 24.0 Å². The number of nitrogens with zero attached hydrogens (tertiary/aromatic N) is 2. The van der Waals surface area contributed by atoms with E-state index in [1.54, 1.807) is 0 Å². The average Bonchev–Trinajstić information content (AvgIpc) is 2.94. The molecule has 24 heavy (non-hydrogen) atoms. The zero-order valence-electron chi connectivity index (χ0n) is 15.4. The lowest BCUT2D eigenvalue weighted by Gasteiger charge is -2.25. The third-order valence-corrected chi connectivity index (χ3v) is 4.97. The molecule has 0 spiro atoms. The predicted octanol–water partition coefficient (Wildman–Crippen LogP) is 3.00. The number of hydrogen-bond acceptors (Lipinski definition) is 2. The molecule has 1 amide bonds. The van der Waals surface area contributed by atoms with Gasteiger partial charge in [0.25, 0.3) is 0 Å². The number of rotatable bonds is 7. The fourth-order valence-electron chi connectivity index (χ4n) is 3.70. The molecule has 2 rings (SSSR count). The molecule has 1 saturated heterocycles. The van der Waals surface area contributed by atoms with E-state index in [1.807, 2.05) is 4.90 Å². The van der Waals surface area contributed by atoms with Gasteiger partial charge in [-0.3, -0.25) is 9.79 Å². The standard InChI is InChI=1S/C18H34N4O.HI/c1-3-19-18(21-14-16-8-4-7-15(2)13-16)20-10-6-12-22-11-5-9-17(22)23;/h15-16H,3-14H2,1-2H3,(H2,19,20,21);1H. The third kappa shape index (κ3) is 7.57. The summed E-state index contributed by atoms with van der Waals surface area (Å²) in [6, 6.07) is 0. The maximum Gasteiger partial charge on any atom is 0.222 e. The van der Waals surface area contributed by atoms with Crippen LogP contribution in [0.4, 0.5) is 0 Å². The predicted molar refractivity (Wildman–Crippen MR) is 111 cm³/mol. The lowest BCUT2D eigenvalue weighted by molar-refractivity contribution is -0.127. The van der Waals surface area contributed by atoms with Crippen molar-refractivity contribution in [2.45, 2.75) is 58.8 Å². The summed E-state index contributed by atoms with van der Waals surface area (Å²) in [6.45, 7) is 8.96. The molecular weight excluding hydrogens is 415 g/mol. The first kappa shape index (κ1) is 21.5. The van der Waals surface area contributed by atoms with Crippen molar-refractivity contribution < 1.29 is 4.79 Å². The van der Waals surface area contributed by atoms with Gasteiger partial charge in [0, 0.05) is 39.1 Å². The molecule has 0 aromatic rings. The van der Waals surface area contributed by atoms with Crippen LogP contribution in [0.25, 0.3) is 0 Å². The Labute approximate surface area is 164 Å². The van der Waals surface area contributed by atoms with Crippen LogP contribution < -0.4 is 10.6 Å². The van der Waals surface area contributed by atoms with Gasteiger partial charge in [0.1, 0.15) is 0 Å². The minimum Gasteiger partial charge on any atom is -0.357 e. The van der Waals surface area contributed by atoms with Gasteiger partial charge in [0.15, 0.2) is 5.96 Å². The van der Waals surface area contributed by atoms with Crippen LogP contribution in [0, 0.1) is 11.8 Å². The number of carbonyl (C=O) groups is 1. The number of guanidine groups is 1. The van der Waals surface area contributed by atoms with Crippen LogP contribution in [-0.2, 0) is 4.79 Å². The highest BCUT2D eigenvalue weighted by Crippen LogP contribution is 2.28. The summed E-state index contributed by atoms with van der Waals surface area (Å²) in [6.07, 6.45) is 8.12. The van der Waals surface area contributed by atoms with Gasteiger partial charge in [0.2, 0.25) is 5.91 Å². The van der Waals surface area contributed by atoms with E-state index < -0.39 is 0 Å². The topological polar surface area (TPSA) is 56.7 Å². The molecule has 1 saturated carbocycles. The van der Waals surface area contributed by atoms with E-state index in [-0.39, 0.29) is 24.0 Å². The minimum absolute atomic E-state index is 0. The fraction of sp³-hybridized carbons (Fsp3) is 0.889. The molecule has 2 N–H and O–H groups in total. The van der Waals surface area contributed by atoms with Crippen molar-refractivity contribution in [1.29, 1.82) is 0 Å². The van der Waals surface area contributed by atoms with E-state index in [4.69, 9.17) is 4.99 Å². The van der Waals surface area contributed by atoms with Gasteiger partial charge in [-0.15, -0.1) is 24.0 Å². The second-order valence-electron chi connectivity index (χ2n) is 7.12. The first-order valence-corrected chi connectivity index (χ1v) is 9.49. The van der Waals surface area contributed by atoms with Gasteiger partial charge < -0.3 is 15.5 Å². The molecule has 0 radical (unpaired) electrons. The summed E-state index contributed by atoms with van der Waals surface area (Å²) in [4.78, 5) is 18.3. The molecule has 2 aliphatic rings. The lowest BCUT2D eigenvalue weighted by atomic mass is 9.82. The molecule has 2 unspecified atom stereocenters. The quantitative estimate of drug-likeness (QED) is 0.272. The van der Waals surface area contributed by atoms with Gasteiger partial charge in [-0.1, -0.05) is 19.8 Å². The number of aliphatic imine (C=N–C) groups is 1. The van der Waals surface area contributed by atoms with Crippen molar-refractivity contribution in [2.75, 3.05) is 32.7 Å². The van der Waals surface area contributed by atoms with Crippen LogP contribution in [0.1, 0.15) is 58.8 Å². The van der Waals surface area contributed by atoms with Gasteiger partial charge in [-0.25, -0.2) is 0 Å². The summed E-state index contributed by atoms with van der Waals surface area (Å²) in [5, 5.41) is 6.74. The van der Waals surface area contributed by atoms with Crippen molar-refractivity contribution in [3.63, 3.8) is 0 Å². The summed E-state index contributed by atoms with van der Waals surface area (Å²) in [5.41, 5.74) is 0. The van der Waals surface area contributed by atoms with E-state index >= 15 is 0 Å². The molecule has 0 aromatic heterocycles. The zero-order valence-corrected chi connectivity index (χ0v) is 17.7. The Morgan fingerprint density at radius 2 is 2.12 bits per heavy atom. The van der Waals surface area contributed by atoms with Crippen LogP contribution in [-0.4, -0.2) is 49.5 Å². The fourth-order valence-corrected chi connectivity index (χ4v) is 3.70. The van der Waals surface area contributed by atoms with Gasteiger partial charge in [-0.05, 0) is 44.4 Å². The second-order valence-corrected chi connectivity index (χ2v) is 7.12. The Morgan fingerprint density at radius 3 is 2.79 bits per heavy atom. The van der Waals surface area contributed by atoms with Crippen molar-refractivity contribution in [2.24, 2.45) is 16.8 Å². The maximum absolute atomic E-state index is 11.6. The van der Waals surface area contributed by atoms with Crippen molar-refractivity contribution in [3.05, 3.63) is 0 Å². The number of amides is 1. The van der Waals surface area contributed by atoms with Crippen molar-refractivity contribution in [1.82, 2.24) is 15.5 Å². The molecule has 5 nitrogen and oxygen atoms in total. The van der Waals surface area contributed by atoms with Crippen molar-refractivity contribution in [3.8, 4) is 0 Å². The second kappa shape index (κ2) is 11.9. The van der Waals surface area contributed by atoms with Gasteiger partial charge >= 0.3 is 0 Å². The molecule has 2 fully saturated rings. The Bertz CT molecular complexity index is 402. The number of carbonyl (C=O) groups excluding carboxylic acids is 1. The Kier molecular flexibility index (Phi) is 10.7. The number of nitrogens with one attached hydrogen (secondary N) is 2. The Morgan fingerprint density at radius 1 is 1.29 bits per heavy atom. The Hall–Kier alpha value is -0.530. The summed E-state index contributed by atoms with van der Waals surface area (Å²) >= 11 is 0. The molecule has 0 aromatic carbocycles. The van der Waals surface area contributed by atoms with Crippen LogP contribution in [0.3, 0.4) is 0 Å². The highest BCUT2D eigenvalue weighted by molar-refractivity contribution is 14.0. The van der Waals surface area contributed by atoms with Crippen LogP contribution in [0.15, 0.2) is 4.99 Å². The SMILES string of the molecule is CCNC(=NCC1CCCC(C)C1)NCCCN1CCCC1=O.I. The number of hydrogen-bond donors (Lipinski definition) is 2. The first-order chi connectivity index (χ1) is 11.2. The summed E-state index contributed by atoms with van der Waals surface area (Å²) in [7, 11) is 0. The molecular formula is C18H35IN4O. The molecule has 0 bridgehead atoms. The smallest absolute Gasteiger partial charge is 0.222 e. The highest BCUT2D eigenvalue weighted by Gasteiger charge is 2.19. The van der Waals surface area contributed by atoms with E-state index in [2.05, 4.69) is 24.5 Å². The molecule has 6 heteroatoms. The molecule has 140 valence electrons. The highest BCUT2D eigenvalue weighted by atomic mass is 127. The molecule has 2 atom stereocenters. The monoisotopic (exact) mass is 450 g/mol. The van der Waals surface area contributed by atoms with E-state index in [0.717, 1.165) is 69.8 Å². The Balaban J connectivity index is 0.00000288. The molecule has 1 aliphatic heterocycles. The average molecular weight is 450 g/mol. The minimum atomic E-state index is 0. The largest absolute Gasteiger partial charge is 0.357 e. The van der Waals surface area contributed by atoms with E-state index in [9.17, 15) is 4.79 Å². The lowest BCUT2D eigenvalue weighted by Crippen LogP contribution is -2.39. The van der Waals surface area contributed by atoms with E-state index in [0.29, 0.717) is 5.91 Å².